The van der Waals surface area contributed by atoms with E-state index in [0.29, 0.717) is 46.8 Å². The van der Waals surface area contributed by atoms with E-state index in [2.05, 4.69) is 9.88 Å². The van der Waals surface area contributed by atoms with Crippen LogP contribution in [0.3, 0.4) is 0 Å². The van der Waals surface area contributed by atoms with Crippen molar-refractivity contribution in [3.8, 4) is 5.75 Å². The third kappa shape index (κ3) is 5.35. The third-order valence-electron chi connectivity index (χ3n) is 6.77. The first-order valence-electron chi connectivity index (χ1n) is 12.8. The average Bonchev–Trinajstić information content (AvgIpc) is 3.23. The van der Waals surface area contributed by atoms with Crippen LogP contribution in [-0.4, -0.2) is 71.0 Å². The molecule has 0 spiro atoms. The zero-order valence-corrected chi connectivity index (χ0v) is 22.7. The Morgan fingerprint density at radius 3 is 2.68 bits per heavy atom. The van der Waals surface area contributed by atoms with Gasteiger partial charge in [0.1, 0.15) is 28.2 Å². The van der Waals surface area contributed by atoms with Crippen molar-refractivity contribution < 1.29 is 14.3 Å². The lowest BCUT2D eigenvalue weighted by atomic mass is 10.1. The minimum Gasteiger partial charge on any atom is -0.497 e. The molecule has 1 aliphatic heterocycles. The third-order valence-corrected chi connectivity index (χ3v) is 6.77. The van der Waals surface area contributed by atoms with Crippen molar-refractivity contribution in [2.24, 2.45) is 5.73 Å². The second-order valence-corrected chi connectivity index (χ2v) is 10.2. The number of benzene rings is 1. The number of Topliss-reactive ketones (excluding diaryl/α,β-unsaturated/α-hetero) is 1. The molecule has 38 heavy (non-hydrogen) atoms. The minimum absolute atomic E-state index is 0.0360. The second-order valence-electron chi connectivity index (χ2n) is 10.2. The molecule has 1 fully saturated rings. The van der Waals surface area contributed by atoms with Gasteiger partial charge >= 0.3 is 0 Å². The fourth-order valence-corrected chi connectivity index (χ4v) is 4.81. The maximum absolute atomic E-state index is 13.9. The van der Waals surface area contributed by atoms with E-state index < -0.39 is 0 Å². The summed E-state index contributed by atoms with van der Waals surface area (Å²) in [5, 5.41) is 0. The van der Waals surface area contributed by atoms with Gasteiger partial charge in [0.25, 0.3) is 11.5 Å². The van der Waals surface area contributed by atoms with Crippen LogP contribution in [-0.2, 0) is 13.1 Å². The molecule has 0 radical (unpaired) electrons. The molecule has 2 N–H and O–H groups in total. The maximum Gasteiger partial charge on any atom is 0.278 e. The number of amides is 1. The normalized spacial score (nSPS) is 15.4. The molecule has 10 nitrogen and oxygen atoms in total. The summed E-state index contributed by atoms with van der Waals surface area (Å²) in [7, 11) is 4.90. The first kappa shape index (κ1) is 27.1. The number of rotatable bonds is 8. The lowest BCUT2D eigenvalue weighted by molar-refractivity contribution is 0.0829. The van der Waals surface area contributed by atoms with E-state index in [9.17, 15) is 14.4 Å². The van der Waals surface area contributed by atoms with E-state index in [4.69, 9.17) is 10.5 Å². The standard InChI is InChI=1S/C28H36N6O4/c1-18(2)11-13-34-25-24(23(27(36)31(3)4)26(34)32-12-7-9-20(29)15-32)30-17-33(28(25)37)16-22(35)19-8-6-10-21(14-19)38-5/h6,8,10-11,14,17,20H,7,9,12-13,15-16,29H2,1-5H3. The molecule has 10 heteroatoms. The molecule has 1 unspecified atom stereocenters. The molecule has 3 aromatic rings. The van der Waals surface area contributed by atoms with E-state index in [1.807, 2.05) is 24.5 Å². The first-order valence-corrected chi connectivity index (χ1v) is 12.8. The molecule has 4 rings (SSSR count). The van der Waals surface area contributed by atoms with Crippen LogP contribution in [0.1, 0.15) is 47.4 Å². The van der Waals surface area contributed by atoms with Crippen LogP contribution in [0.5, 0.6) is 5.75 Å². The van der Waals surface area contributed by atoms with Crippen LogP contribution in [0.15, 0.2) is 47.0 Å². The van der Waals surface area contributed by atoms with Crippen molar-refractivity contribution in [3.05, 3.63) is 63.7 Å². The van der Waals surface area contributed by atoms with Crippen LogP contribution >= 0.6 is 0 Å². The molecule has 202 valence electrons. The fourth-order valence-electron chi connectivity index (χ4n) is 4.81. The number of hydrogen-bond acceptors (Lipinski definition) is 7. The average molecular weight is 521 g/mol. The quantitative estimate of drug-likeness (QED) is 0.359. The smallest absolute Gasteiger partial charge is 0.278 e. The van der Waals surface area contributed by atoms with Gasteiger partial charge in [-0.2, -0.15) is 0 Å². The number of aromatic nitrogens is 3. The van der Waals surface area contributed by atoms with Gasteiger partial charge in [-0.1, -0.05) is 23.8 Å². The molecule has 0 saturated carbocycles. The molecule has 1 amide bonds. The van der Waals surface area contributed by atoms with Gasteiger partial charge in [-0.05, 0) is 38.8 Å². The number of hydrogen-bond donors (Lipinski definition) is 1. The van der Waals surface area contributed by atoms with E-state index in [0.717, 1.165) is 25.0 Å². The van der Waals surface area contributed by atoms with Crippen LogP contribution in [0.2, 0.25) is 0 Å². The Hall–Kier alpha value is -3.92. The number of ether oxygens (including phenoxy) is 1. The lowest BCUT2D eigenvalue weighted by Crippen LogP contribution is -2.44. The Bertz CT molecular complexity index is 1450. The zero-order chi connectivity index (χ0) is 27.6. The Kier molecular flexibility index (Phi) is 8.01. The minimum atomic E-state index is -0.381. The Morgan fingerprint density at radius 1 is 1.26 bits per heavy atom. The molecule has 1 aliphatic rings. The van der Waals surface area contributed by atoms with Crippen LogP contribution in [0.4, 0.5) is 5.82 Å². The summed E-state index contributed by atoms with van der Waals surface area (Å²) in [4.78, 5) is 48.7. The highest BCUT2D eigenvalue weighted by Gasteiger charge is 2.32. The second kappa shape index (κ2) is 11.2. The summed E-state index contributed by atoms with van der Waals surface area (Å²) >= 11 is 0. The van der Waals surface area contributed by atoms with Gasteiger partial charge in [-0.3, -0.25) is 19.0 Å². The number of piperidine rings is 1. The summed E-state index contributed by atoms with van der Waals surface area (Å²) in [6.45, 7) is 5.44. The number of nitrogens with two attached hydrogens (primary N) is 1. The van der Waals surface area contributed by atoms with Crippen molar-refractivity contribution in [2.45, 2.75) is 45.8 Å². The van der Waals surface area contributed by atoms with E-state index in [1.54, 1.807) is 38.4 Å². The SMILES string of the molecule is COc1cccc(C(=O)Cn2cnc3c(C(=O)N(C)C)c(N4CCCC(N)C4)n(CC=C(C)C)c3c2=O)c1. The summed E-state index contributed by atoms with van der Waals surface area (Å²) in [5.41, 5.74) is 8.44. The predicted molar refractivity (Wildman–Crippen MR) is 148 cm³/mol. The van der Waals surface area contributed by atoms with Gasteiger partial charge < -0.3 is 24.8 Å². The molecule has 3 heterocycles. The summed E-state index contributed by atoms with van der Waals surface area (Å²) < 4.78 is 8.39. The molecule has 0 bridgehead atoms. The van der Waals surface area contributed by atoms with Crippen LogP contribution < -0.4 is 20.9 Å². The lowest BCUT2D eigenvalue weighted by Gasteiger charge is -2.34. The van der Waals surface area contributed by atoms with Crippen molar-refractivity contribution in [2.75, 3.05) is 39.2 Å². The summed E-state index contributed by atoms with van der Waals surface area (Å²) in [6, 6.07) is 6.78. The molecule has 1 atom stereocenters. The van der Waals surface area contributed by atoms with E-state index >= 15 is 0 Å². The Labute approximate surface area is 222 Å². The molecular weight excluding hydrogens is 484 g/mol. The maximum atomic E-state index is 13.9. The molecule has 1 saturated heterocycles. The number of fused-ring (bicyclic) bond motifs is 1. The van der Waals surface area contributed by atoms with E-state index in [1.165, 1.54) is 22.9 Å². The Morgan fingerprint density at radius 2 is 2.03 bits per heavy atom. The van der Waals surface area contributed by atoms with Crippen molar-refractivity contribution >= 4 is 28.5 Å². The van der Waals surface area contributed by atoms with Gasteiger partial charge in [0.15, 0.2) is 5.78 Å². The highest BCUT2D eigenvalue weighted by atomic mass is 16.5. The van der Waals surface area contributed by atoms with Gasteiger partial charge in [-0.25, -0.2) is 4.98 Å². The van der Waals surface area contributed by atoms with Gasteiger partial charge in [0.2, 0.25) is 0 Å². The summed E-state index contributed by atoms with van der Waals surface area (Å²) in [6.07, 6.45) is 5.15. The molecule has 1 aromatic carbocycles. The van der Waals surface area contributed by atoms with Crippen LogP contribution in [0, 0.1) is 0 Å². The number of allylic oxidation sites excluding steroid dienone is 2. The fraction of sp³-hybridized carbons (Fsp3) is 0.429. The molecular formula is C28H36N6O4. The van der Waals surface area contributed by atoms with Crippen molar-refractivity contribution in [3.63, 3.8) is 0 Å². The number of methoxy groups -OCH3 is 1. The topological polar surface area (TPSA) is 116 Å². The van der Waals surface area contributed by atoms with Gasteiger partial charge in [0, 0.05) is 45.3 Å². The highest BCUT2D eigenvalue weighted by Crippen LogP contribution is 2.33. The number of carbonyl (C=O) groups is 2. The largest absolute Gasteiger partial charge is 0.497 e. The molecule has 2 aromatic heterocycles. The zero-order valence-electron chi connectivity index (χ0n) is 22.7. The van der Waals surface area contributed by atoms with Crippen LogP contribution in [0.25, 0.3) is 11.0 Å². The number of nitrogens with zero attached hydrogens (tertiary/aromatic N) is 5. The first-order chi connectivity index (χ1) is 18.1. The summed E-state index contributed by atoms with van der Waals surface area (Å²) in [5.74, 6) is 0.718. The Balaban J connectivity index is 1.92. The van der Waals surface area contributed by atoms with Gasteiger partial charge in [0.05, 0.1) is 20.0 Å². The monoisotopic (exact) mass is 520 g/mol. The highest BCUT2D eigenvalue weighted by molar-refractivity contribution is 6.10. The number of carbonyl (C=O) groups excluding carboxylic acids is 2. The van der Waals surface area contributed by atoms with Crippen molar-refractivity contribution in [1.82, 2.24) is 19.0 Å². The van der Waals surface area contributed by atoms with E-state index in [-0.39, 0.29) is 29.8 Å². The number of ketones is 1. The van der Waals surface area contributed by atoms with Crippen molar-refractivity contribution in [1.29, 1.82) is 0 Å². The molecule has 0 aliphatic carbocycles. The van der Waals surface area contributed by atoms with Gasteiger partial charge in [-0.15, -0.1) is 0 Å². The number of anilines is 1. The predicted octanol–water partition coefficient (Wildman–Crippen LogP) is 2.69.